The number of nitrogens with one attached hydrogen (secondary N) is 1. The van der Waals surface area contributed by atoms with Crippen LogP contribution < -0.4 is 5.32 Å². The average Bonchev–Trinajstić information content (AvgIpc) is 0.878. The van der Waals surface area contributed by atoms with Gasteiger partial charge in [0.1, 0.15) is 5.66 Å². The van der Waals surface area contributed by atoms with E-state index < -0.39 is 94.1 Å². The fraction of sp³-hybridized carbons (Fsp3) is 0.839. The molecule has 0 spiro atoms. The topological polar surface area (TPSA) is 225 Å². The Morgan fingerprint density at radius 2 is 0.884 bits per heavy atom. The molecule has 0 saturated heterocycles. The lowest BCUT2D eigenvalue weighted by atomic mass is 9.78. The van der Waals surface area contributed by atoms with Crippen molar-refractivity contribution in [1.82, 2.24) is 69.2 Å². The Morgan fingerprint density at radius 1 is 0.453 bits per heavy atom. The van der Waals surface area contributed by atoms with E-state index in [0.29, 0.717) is 76.3 Å². The van der Waals surface area contributed by atoms with Crippen LogP contribution in [0.15, 0.2) is 0 Å². The molecule has 2 aliphatic rings. The summed E-state index contributed by atoms with van der Waals surface area (Å²) in [7, 11) is 7.36. The fourth-order valence-electron chi connectivity index (χ4n) is 12.5. The predicted octanol–water partition coefficient (Wildman–Crippen LogP) is 8.07. The van der Waals surface area contributed by atoms with Gasteiger partial charge in [-0.2, -0.15) is 4.90 Å². The minimum Gasteiger partial charge on any atom is -0.340 e. The van der Waals surface area contributed by atoms with Crippen LogP contribution in [0.2, 0.25) is 0 Å². The van der Waals surface area contributed by atoms with Crippen LogP contribution in [0, 0.1) is 5.92 Å². The van der Waals surface area contributed by atoms with Crippen molar-refractivity contribution in [1.29, 1.82) is 0 Å². The Morgan fingerprint density at radius 3 is 1.22 bits per heavy atom. The van der Waals surface area contributed by atoms with Crippen LogP contribution in [-0.4, -0.2) is 266 Å². The molecule has 0 aliphatic heterocycles. The summed E-state index contributed by atoms with van der Waals surface area (Å²) in [6.07, 6.45) is 5.51. The van der Waals surface area contributed by atoms with E-state index >= 15 is 38.4 Å². The van der Waals surface area contributed by atoms with Gasteiger partial charge < -0.3 is 24.5 Å². The van der Waals surface area contributed by atoms with Gasteiger partial charge in [-0.05, 0) is 145 Å². The number of carbonyl (C=O) groups is 10. The van der Waals surface area contributed by atoms with Gasteiger partial charge in [-0.3, -0.25) is 49.0 Å². The quantitative estimate of drug-likeness (QED) is 0.0360. The second-order valence-corrected chi connectivity index (χ2v) is 24.1. The van der Waals surface area contributed by atoms with Crippen LogP contribution in [0.5, 0.6) is 0 Å². The second-order valence-electron chi connectivity index (χ2n) is 24.1. The van der Waals surface area contributed by atoms with Gasteiger partial charge in [-0.1, -0.05) is 76.2 Å². The molecule has 15 amide bonds. The van der Waals surface area contributed by atoms with Crippen LogP contribution in [0.3, 0.4) is 0 Å². The number of imide groups is 6. The molecule has 0 radical (unpaired) electrons. The molecule has 494 valence electrons. The zero-order valence-electron chi connectivity index (χ0n) is 57.2. The lowest BCUT2D eigenvalue weighted by Gasteiger charge is -2.62. The Bertz CT molecular complexity index is 2230. The number of rotatable bonds is 35. The van der Waals surface area contributed by atoms with Gasteiger partial charge in [0.05, 0.1) is 5.54 Å². The molecule has 0 heterocycles. The van der Waals surface area contributed by atoms with Crippen LogP contribution in [0.4, 0.5) is 24.0 Å². The number of hydrogen-bond donors (Lipinski definition) is 1. The maximum absolute atomic E-state index is 18.1. The number of amides is 15. The summed E-state index contributed by atoms with van der Waals surface area (Å²) in [5, 5.41) is 5.98. The zero-order chi connectivity index (χ0) is 65.8. The van der Waals surface area contributed by atoms with Crippen molar-refractivity contribution in [3.05, 3.63) is 0 Å². The summed E-state index contributed by atoms with van der Waals surface area (Å²) < 4.78 is 0. The van der Waals surface area contributed by atoms with Crippen LogP contribution in [0.25, 0.3) is 0 Å². The number of nitrogens with zero attached hydrogens (tertiary/aromatic N) is 13. The van der Waals surface area contributed by atoms with E-state index in [9.17, 15) is 9.59 Å². The molecule has 0 aromatic rings. The van der Waals surface area contributed by atoms with E-state index in [1.54, 1.807) is 65.5 Å². The number of carbonyl (C=O) groups excluding carboxylic acids is 10. The lowest BCUT2D eigenvalue weighted by molar-refractivity contribution is -0.226. The smallest absolute Gasteiger partial charge is 0.340 e. The first-order valence-corrected chi connectivity index (χ1v) is 32.5. The Hall–Kier alpha value is -5.46. The zero-order valence-corrected chi connectivity index (χ0v) is 57.2. The molecule has 2 saturated carbocycles. The molecule has 24 nitrogen and oxygen atoms in total. The standard InChI is InChI=1S/C62H116N14O10/c1-22-39-68(40-23-2)51(79)61(52(80)69(41-24-3)42-25-4,75(56(84)67(31-10)32-11)58(86)74(54(82)63-49(77)47-35-36-47)57(85)73(48-37-38-48)55(83)64(17)18)50(78)66(21)62(65(19)20,59(14,15)70(33-12)34-13)53(81)76(72(45-28-7)46-29-8)60(16,30-9)71(43-26-5)44-27-6/h47-48H,22-46H2,1-21H3,(H,63,77,82). The van der Waals surface area contributed by atoms with Gasteiger partial charge in [0, 0.05) is 98.6 Å². The molecule has 2 atom stereocenters. The third-order valence-electron chi connectivity index (χ3n) is 17.1. The van der Waals surface area contributed by atoms with Gasteiger partial charge in [0.25, 0.3) is 29.2 Å². The van der Waals surface area contributed by atoms with Crippen LogP contribution in [0.1, 0.15) is 194 Å². The first kappa shape index (κ1) is 76.6. The summed E-state index contributed by atoms with van der Waals surface area (Å²) in [6, 6.07) is -8.44. The van der Waals surface area contributed by atoms with Crippen molar-refractivity contribution in [2.45, 2.75) is 223 Å². The van der Waals surface area contributed by atoms with E-state index in [1.807, 2.05) is 65.3 Å². The Kier molecular flexibility index (Phi) is 30.6. The molecule has 2 aliphatic carbocycles. The Balaban J connectivity index is 3.92. The fourth-order valence-corrected chi connectivity index (χ4v) is 12.5. The van der Waals surface area contributed by atoms with E-state index in [1.165, 1.54) is 30.9 Å². The molecule has 0 bridgehead atoms. The molecule has 86 heavy (non-hydrogen) atoms. The monoisotopic (exact) mass is 1220 g/mol. The van der Waals surface area contributed by atoms with E-state index in [0.717, 1.165) is 27.5 Å². The number of likely N-dealkylation sites (N-methyl/N-ethyl adjacent to an activating group) is 3. The normalized spacial score (nSPS) is 14.9. The van der Waals surface area contributed by atoms with Crippen LogP contribution in [-0.2, 0) is 24.0 Å². The van der Waals surface area contributed by atoms with Gasteiger partial charge in [-0.25, -0.2) is 38.8 Å². The van der Waals surface area contributed by atoms with E-state index in [2.05, 4.69) is 24.1 Å². The number of hydrogen-bond acceptors (Lipinski definition) is 14. The summed E-state index contributed by atoms with van der Waals surface area (Å²) >= 11 is 0. The highest BCUT2D eigenvalue weighted by Crippen LogP contribution is 2.44. The minimum atomic E-state index is -3.74. The minimum absolute atomic E-state index is 0.0834. The molecule has 1 N–H and O–H groups in total. The third-order valence-corrected chi connectivity index (χ3v) is 17.1. The van der Waals surface area contributed by atoms with Gasteiger partial charge in [0.2, 0.25) is 5.91 Å². The highest BCUT2D eigenvalue weighted by atomic mass is 16.3. The summed E-state index contributed by atoms with van der Waals surface area (Å²) in [5.41, 5.74) is -8.67. The molecule has 2 fully saturated rings. The van der Waals surface area contributed by atoms with Gasteiger partial charge in [-0.15, -0.1) is 0 Å². The van der Waals surface area contributed by atoms with Crippen molar-refractivity contribution in [3.8, 4) is 0 Å². The summed E-state index contributed by atoms with van der Waals surface area (Å²) in [6.45, 7) is 31.9. The van der Waals surface area contributed by atoms with Crippen molar-refractivity contribution in [3.63, 3.8) is 0 Å². The van der Waals surface area contributed by atoms with Crippen molar-refractivity contribution < 1.29 is 47.9 Å². The molecule has 0 aromatic heterocycles. The van der Waals surface area contributed by atoms with Crippen LogP contribution >= 0.6 is 0 Å². The molecule has 2 rings (SSSR count). The van der Waals surface area contributed by atoms with Crippen molar-refractivity contribution in [2.24, 2.45) is 5.92 Å². The first-order valence-electron chi connectivity index (χ1n) is 32.5. The van der Waals surface area contributed by atoms with Crippen molar-refractivity contribution >= 4 is 59.7 Å². The summed E-state index contributed by atoms with van der Waals surface area (Å²) in [4.78, 5) is 175. The SMILES string of the molecule is CCCN(CCC)C(=O)C(C(=O)N(CCC)CCC)(C(=O)N(C)C(C(=O)N(N(CCC)CCC)C(C)(CC)N(CCC)CCC)(N(C)C)C(C)(C)N(CC)CC)N(C(=O)N(CC)CC)C(=O)N(C(=O)NC(=O)C1CC1)C(=O)N(C(=O)N(C)C)C1CC1. The summed E-state index contributed by atoms with van der Waals surface area (Å²) in [5.74, 6) is -6.28. The highest BCUT2D eigenvalue weighted by molar-refractivity contribution is 6.33. The second kappa shape index (κ2) is 34.3. The molecule has 0 aromatic carbocycles. The number of hydrazine groups is 1. The van der Waals surface area contributed by atoms with E-state index in [-0.39, 0.29) is 87.6 Å². The maximum Gasteiger partial charge on any atom is 0.346 e. The third kappa shape index (κ3) is 15.9. The largest absolute Gasteiger partial charge is 0.346 e. The maximum atomic E-state index is 18.1. The van der Waals surface area contributed by atoms with Gasteiger partial charge >= 0.3 is 30.2 Å². The average molecular weight is 1220 g/mol. The Labute approximate surface area is 517 Å². The molecule has 24 heteroatoms. The van der Waals surface area contributed by atoms with E-state index in [4.69, 9.17) is 0 Å². The van der Waals surface area contributed by atoms with Gasteiger partial charge in [0.15, 0.2) is 5.66 Å². The molecular formula is C62H116N14O10. The first-order chi connectivity index (χ1) is 40.5. The molecular weight excluding hydrogens is 1100 g/mol. The predicted molar refractivity (Wildman–Crippen MR) is 336 cm³/mol. The number of urea groups is 5. The highest BCUT2D eigenvalue weighted by Gasteiger charge is 2.72. The van der Waals surface area contributed by atoms with Crippen molar-refractivity contribution in [2.75, 3.05) is 114 Å². The lowest BCUT2D eigenvalue weighted by Crippen LogP contribution is -2.86. The molecule has 2 unspecified atom stereocenters.